The lowest BCUT2D eigenvalue weighted by Gasteiger charge is -2.06. The lowest BCUT2D eigenvalue weighted by atomic mass is 10.1. The van der Waals surface area contributed by atoms with Crippen molar-refractivity contribution in [3.8, 4) is 0 Å². The van der Waals surface area contributed by atoms with Gasteiger partial charge in [-0.2, -0.15) is 4.68 Å². The minimum atomic E-state index is -0.151. The molecule has 14 heavy (non-hydrogen) atoms. The molecule has 5 heteroatoms. The van der Waals surface area contributed by atoms with E-state index >= 15 is 0 Å². The van der Waals surface area contributed by atoms with E-state index < -0.39 is 0 Å². The van der Waals surface area contributed by atoms with Crippen molar-refractivity contribution < 1.29 is 4.79 Å². The molecule has 0 aromatic carbocycles. The van der Waals surface area contributed by atoms with Crippen molar-refractivity contribution in [1.29, 1.82) is 0 Å². The van der Waals surface area contributed by atoms with Crippen molar-refractivity contribution in [2.24, 2.45) is 0 Å². The number of carbonyl (C=O) groups is 1. The fraction of sp³-hybridized carbons (Fsp3) is 0.222. The molecule has 1 heterocycles. The Morgan fingerprint density at radius 1 is 1.50 bits per heavy atom. The highest BCUT2D eigenvalue weighted by molar-refractivity contribution is 7.80. The second-order valence-corrected chi connectivity index (χ2v) is 3.45. The second-order valence-electron chi connectivity index (χ2n) is 3.02. The molecule has 1 aromatic heterocycles. The van der Waals surface area contributed by atoms with Crippen LogP contribution in [0.25, 0.3) is 0 Å². The number of hydrogen-bond donors (Lipinski definition) is 1. The molecule has 1 aliphatic carbocycles. The van der Waals surface area contributed by atoms with Crippen LogP contribution in [0.2, 0.25) is 0 Å². The Kier molecular flexibility index (Phi) is 2.25. The molecule has 1 aromatic rings. The van der Waals surface area contributed by atoms with Gasteiger partial charge < -0.3 is 0 Å². The molecule has 0 spiro atoms. The lowest BCUT2D eigenvalue weighted by Crippen LogP contribution is -2.13. The molecule has 0 radical (unpaired) electrons. The van der Waals surface area contributed by atoms with Crippen LogP contribution in [0, 0.1) is 0 Å². The molecule has 1 aliphatic rings. The maximum Gasteiger partial charge on any atom is 0.245 e. The molecule has 0 saturated carbocycles. The molecule has 0 aliphatic heterocycles. The minimum Gasteiger partial charge on any atom is -0.273 e. The molecular formula is C9H9N3OS. The third kappa shape index (κ3) is 1.39. The number of nitrogens with zero attached hydrogens (tertiary/aromatic N) is 3. The highest BCUT2D eigenvalue weighted by atomic mass is 32.1. The SMILES string of the molecule is CC(=O)n1nnc(S)c1C1C=CC=C1. The van der Waals surface area contributed by atoms with Gasteiger partial charge in [0, 0.05) is 12.8 Å². The zero-order valence-electron chi connectivity index (χ0n) is 7.58. The molecule has 72 valence electrons. The third-order valence-corrected chi connectivity index (χ3v) is 2.37. The van der Waals surface area contributed by atoms with Gasteiger partial charge in [-0.05, 0) is 0 Å². The molecule has 0 fully saturated rings. The van der Waals surface area contributed by atoms with Crippen LogP contribution in [0.15, 0.2) is 29.3 Å². The average Bonchev–Trinajstić information content (AvgIpc) is 2.71. The van der Waals surface area contributed by atoms with Crippen LogP contribution in [-0.2, 0) is 0 Å². The van der Waals surface area contributed by atoms with Gasteiger partial charge >= 0.3 is 0 Å². The average molecular weight is 207 g/mol. The fourth-order valence-electron chi connectivity index (χ4n) is 1.42. The van der Waals surface area contributed by atoms with Crippen LogP contribution in [0.4, 0.5) is 0 Å². The van der Waals surface area contributed by atoms with E-state index in [9.17, 15) is 4.79 Å². The zero-order valence-corrected chi connectivity index (χ0v) is 8.48. The maximum atomic E-state index is 11.2. The number of hydrogen-bond acceptors (Lipinski definition) is 4. The largest absolute Gasteiger partial charge is 0.273 e. The Morgan fingerprint density at radius 2 is 2.14 bits per heavy atom. The monoisotopic (exact) mass is 207 g/mol. The van der Waals surface area contributed by atoms with Gasteiger partial charge in [-0.1, -0.05) is 29.5 Å². The Labute approximate surface area is 86.7 Å². The van der Waals surface area contributed by atoms with Gasteiger partial charge in [-0.25, -0.2) is 0 Å². The molecule has 0 saturated heterocycles. The lowest BCUT2D eigenvalue weighted by molar-refractivity contribution is 0.0915. The van der Waals surface area contributed by atoms with Crippen molar-refractivity contribution >= 4 is 18.5 Å². The summed E-state index contributed by atoms with van der Waals surface area (Å²) in [7, 11) is 0. The molecule has 0 amide bonds. The van der Waals surface area contributed by atoms with E-state index in [0.29, 0.717) is 5.03 Å². The van der Waals surface area contributed by atoms with Crippen molar-refractivity contribution in [2.45, 2.75) is 17.9 Å². The zero-order chi connectivity index (χ0) is 10.1. The Balaban J connectivity index is 2.49. The number of rotatable bonds is 1. The first-order chi connectivity index (χ1) is 6.70. The molecule has 2 rings (SSSR count). The van der Waals surface area contributed by atoms with Gasteiger partial charge in [0.2, 0.25) is 5.91 Å². The third-order valence-electron chi connectivity index (χ3n) is 2.05. The number of aromatic nitrogens is 3. The van der Waals surface area contributed by atoms with Crippen LogP contribution < -0.4 is 0 Å². The van der Waals surface area contributed by atoms with Crippen molar-refractivity contribution in [3.05, 3.63) is 30.0 Å². The standard InChI is InChI=1S/C9H9N3OS/c1-6(13)12-8(9(14)10-11-12)7-4-2-3-5-7/h2-5,7,14H,1H3. The van der Waals surface area contributed by atoms with Gasteiger partial charge in [0.1, 0.15) is 5.03 Å². The van der Waals surface area contributed by atoms with E-state index in [0.717, 1.165) is 5.69 Å². The highest BCUT2D eigenvalue weighted by Gasteiger charge is 2.20. The van der Waals surface area contributed by atoms with Gasteiger partial charge in [0.15, 0.2) is 0 Å². The fourth-order valence-corrected chi connectivity index (χ4v) is 1.70. The van der Waals surface area contributed by atoms with E-state index in [4.69, 9.17) is 0 Å². The summed E-state index contributed by atoms with van der Waals surface area (Å²) in [5.41, 5.74) is 0.728. The summed E-state index contributed by atoms with van der Waals surface area (Å²) in [6.45, 7) is 1.45. The quantitative estimate of drug-likeness (QED) is 0.709. The highest BCUT2D eigenvalue weighted by Crippen LogP contribution is 2.26. The summed E-state index contributed by atoms with van der Waals surface area (Å²) in [5, 5.41) is 8.01. The Bertz CT molecular complexity index is 421. The topological polar surface area (TPSA) is 47.8 Å². The van der Waals surface area contributed by atoms with E-state index in [1.54, 1.807) is 0 Å². The normalized spacial score (nSPS) is 15.3. The predicted molar refractivity (Wildman–Crippen MR) is 54.6 cm³/mol. The second kappa shape index (κ2) is 3.42. The maximum absolute atomic E-state index is 11.2. The predicted octanol–water partition coefficient (Wildman–Crippen LogP) is 1.44. The first-order valence-corrected chi connectivity index (χ1v) is 4.65. The molecule has 0 bridgehead atoms. The molecule has 4 nitrogen and oxygen atoms in total. The van der Waals surface area contributed by atoms with Crippen molar-refractivity contribution in [2.75, 3.05) is 0 Å². The van der Waals surface area contributed by atoms with Crippen molar-refractivity contribution in [1.82, 2.24) is 15.0 Å². The van der Waals surface area contributed by atoms with E-state index in [2.05, 4.69) is 22.9 Å². The van der Waals surface area contributed by atoms with Gasteiger partial charge in [-0.15, -0.1) is 17.7 Å². The first kappa shape index (κ1) is 9.21. The Morgan fingerprint density at radius 3 is 2.71 bits per heavy atom. The molecule has 0 N–H and O–H groups in total. The van der Waals surface area contributed by atoms with Crippen LogP contribution >= 0.6 is 12.6 Å². The van der Waals surface area contributed by atoms with Gasteiger partial charge in [-0.3, -0.25) is 4.79 Å². The summed E-state index contributed by atoms with van der Waals surface area (Å²) in [4.78, 5) is 11.2. The molecule has 0 atom stereocenters. The van der Waals surface area contributed by atoms with Crippen LogP contribution in [0.1, 0.15) is 23.3 Å². The van der Waals surface area contributed by atoms with Gasteiger partial charge in [0.25, 0.3) is 0 Å². The number of carbonyl (C=O) groups excluding carboxylic acids is 1. The van der Waals surface area contributed by atoms with E-state index in [1.807, 2.05) is 24.3 Å². The summed E-state index contributed by atoms with van der Waals surface area (Å²) in [6, 6.07) is 0. The summed E-state index contributed by atoms with van der Waals surface area (Å²) in [6.07, 6.45) is 7.79. The van der Waals surface area contributed by atoms with E-state index in [1.165, 1.54) is 11.6 Å². The van der Waals surface area contributed by atoms with Crippen LogP contribution in [0.5, 0.6) is 0 Å². The van der Waals surface area contributed by atoms with Crippen LogP contribution in [-0.4, -0.2) is 20.9 Å². The summed E-state index contributed by atoms with van der Waals surface area (Å²) < 4.78 is 1.28. The van der Waals surface area contributed by atoms with Crippen molar-refractivity contribution in [3.63, 3.8) is 0 Å². The summed E-state index contributed by atoms with van der Waals surface area (Å²) in [5.74, 6) is -0.0945. The van der Waals surface area contributed by atoms with E-state index in [-0.39, 0.29) is 11.8 Å². The summed E-state index contributed by atoms with van der Waals surface area (Å²) >= 11 is 4.17. The smallest absolute Gasteiger partial charge is 0.245 e. The van der Waals surface area contributed by atoms with Gasteiger partial charge in [0.05, 0.1) is 5.69 Å². The van der Waals surface area contributed by atoms with Crippen LogP contribution in [0.3, 0.4) is 0 Å². The first-order valence-electron chi connectivity index (χ1n) is 4.20. The molecule has 0 unspecified atom stereocenters. The minimum absolute atomic E-state index is 0.0569. The number of thiol groups is 1. The number of allylic oxidation sites excluding steroid dienone is 4. The molecular weight excluding hydrogens is 198 g/mol. The Hall–Kier alpha value is -1.36.